The van der Waals surface area contributed by atoms with Crippen molar-refractivity contribution in [2.24, 2.45) is 0 Å². The molecule has 0 radical (unpaired) electrons. The third-order valence-corrected chi connectivity index (χ3v) is 6.77. The van der Waals surface area contributed by atoms with E-state index in [1.165, 1.54) is 4.31 Å². The predicted octanol–water partition coefficient (Wildman–Crippen LogP) is 1.59. The number of hydrogen-bond acceptors (Lipinski definition) is 7. The van der Waals surface area contributed by atoms with Gasteiger partial charge in [-0.1, -0.05) is 23.3 Å². The van der Waals surface area contributed by atoms with Crippen LogP contribution in [0.15, 0.2) is 39.6 Å². The van der Waals surface area contributed by atoms with Crippen LogP contribution in [-0.4, -0.2) is 59.3 Å². The van der Waals surface area contributed by atoms with E-state index >= 15 is 0 Å². The van der Waals surface area contributed by atoms with Crippen molar-refractivity contribution in [1.82, 2.24) is 24.7 Å². The van der Waals surface area contributed by atoms with Crippen molar-refractivity contribution in [3.8, 4) is 11.5 Å². The highest BCUT2D eigenvalue weighted by atomic mass is 32.2. The molecular weight excluding hydrogens is 368 g/mol. The molecule has 1 fully saturated rings. The maximum atomic E-state index is 12.9. The van der Waals surface area contributed by atoms with Crippen molar-refractivity contribution in [2.75, 3.05) is 31.1 Å². The highest BCUT2D eigenvalue weighted by Crippen LogP contribution is 2.25. The fourth-order valence-electron chi connectivity index (χ4n) is 3.21. The minimum absolute atomic E-state index is 0.264. The molecule has 27 heavy (non-hydrogen) atoms. The average molecular weight is 388 g/mol. The highest BCUT2D eigenvalue weighted by Gasteiger charge is 2.33. The number of sulfonamides is 1. The summed E-state index contributed by atoms with van der Waals surface area (Å²) in [4.78, 5) is 2.17. The summed E-state index contributed by atoms with van der Waals surface area (Å²) in [6.45, 7) is 5.05. The van der Waals surface area contributed by atoms with E-state index in [9.17, 15) is 8.42 Å². The molecule has 1 saturated heterocycles. The Morgan fingerprint density at radius 2 is 1.74 bits per heavy atom. The minimum Gasteiger partial charge on any atom is -0.403 e. The minimum atomic E-state index is -3.58. The van der Waals surface area contributed by atoms with Gasteiger partial charge in [0, 0.05) is 31.7 Å². The van der Waals surface area contributed by atoms with Crippen LogP contribution in [-0.2, 0) is 10.0 Å². The summed E-state index contributed by atoms with van der Waals surface area (Å²) in [6.07, 6.45) is 0. The first-order valence-corrected chi connectivity index (χ1v) is 10.1. The van der Waals surface area contributed by atoms with Gasteiger partial charge in [-0.05, 0) is 26.0 Å². The average Bonchev–Trinajstić information content (AvgIpc) is 3.30. The third-order valence-electron chi connectivity index (χ3n) is 4.60. The molecule has 1 aliphatic rings. The lowest BCUT2D eigenvalue weighted by Crippen LogP contribution is -2.49. The summed E-state index contributed by atoms with van der Waals surface area (Å²) in [5.74, 6) is 0.449. The smallest absolute Gasteiger partial charge is 0.318 e. The van der Waals surface area contributed by atoms with Gasteiger partial charge >= 0.3 is 6.01 Å². The zero-order chi connectivity index (χ0) is 19.0. The Morgan fingerprint density at radius 1 is 1.04 bits per heavy atom. The van der Waals surface area contributed by atoms with Gasteiger partial charge in [-0.15, -0.1) is 5.10 Å². The quantitative estimate of drug-likeness (QED) is 0.723. The lowest BCUT2D eigenvalue weighted by molar-refractivity contribution is 0.372. The molecule has 0 saturated carbocycles. The first-order valence-electron chi connectivity index (χ1n) is 8.62. The Balaban J connectivity index is 1.48. The number of nitrogens with zero attached hydrogens (tertiary/aromatic N) is 5. The van der Waals surface area contributed by atoms with Crippen LogP contribution in [0.4, 0.5) is 6.01 Å². The summed E-state index contributed by atoms with van der Waals surface area (Å²) in [5.41, 5.74) is 1.89. The van der Waals surface area contributed by atoms with Crippen molar-refractivity contribution in [3.05, 3.63) is 41.7 Å². The maximum absolute atomic E-state index is 12.9. The summed E-state index contributed by atoms with van der Waals surface area (Å²) in [7, 11) is -3.58. The summed E-state index contributed by atoms with van der Waals surface area (Å²) < 4.78 is 33.1. The van der Waals surface area contributed by atoms with Gasteiger partial charge in [-0.2, -0.15) is 9.40 Å². The number of anilines is 1. The Hall–Kier alpha value is -2.72. The van der Waals surface area contributed by atoms with Gasteiger partial charge < -0.3 is 9.32 Å². The molecule has 0 spiro atoms. The number of benzene rings is 1. The maximum Gasteiger partial charge on any atom is 0.318 e. The van der Waals surface area contributed by atoms with Crippen LogP contribution in [0, 0.1) is 13.8 Å². The Bertz CT molecular complexity index is 1020. The van der Waals surface area contributed by atoms with E-state index in [0.717, 1.165) is 5.56 Å². The highest BCUT2D eigenvalue weighted by molar-refractivity contribution is 7.89. The molecule has 0 bridgehead atoms. The van der Waals surface area contributed by atoms with Crippen molar-refractivity contribution in [1.29, 1.82) is 0 Å². The number of aromatic amines is 1. The van der Waals surface area contributed by atoms with Gasteiger partial charge in [0.15, 0.2) is 0 Å². The van der Waals surface area contributed by atoms with Gasteiger partial charge in [0.05, 0.1) is 11.4 Å². The zero-order valence-electron chi connectivity index (χ0n) is 15.1. The third kappa shape index (κ3) is 3.21. The van der Waals surface area contributed by atoms with E-state index < -0.39 is 10.0 Å². The molecule has 2 aromatic heterocycles. The van der Waals surface area contributed by atoms with Crippen LogP contribution in [0.5, 0.6) is 0 Å². The lowest BCUT2D eigenvalue weighted by atomic mass is 10.2. The first kappa shape index (κ1) is 17.7. The monoisotopic (exact) mass is 388 g/mol. The summed E-state index contributed by atoms with van der Waals surface area (Å²) in [5, 5.41) is 14.9. The Labute approximate surface area is 157 Å². The Kier molecular flexibility index (Phi) is 4.44. The fraction of sp³-hybridized carbons (Fsp3) is 0.353. The van der Waals surface area contributed by atoms with Crippen molar-refractivity contribution in [3.63, 3.8) is 0 Å². The normalized spacial score (nSPS) is 16.0. The molecule has 1 aliphatic heterocycles. The van der Waals surface area contributed by atoms with E-state index in [4.69, 9.17) is 4.42 Å². The number of aryl methyl sites for hydroxylation is 2. The SMILES string of the molecule is Cc1n[nH]c(C)c1S(=O)(=O)N1CCN(c2nnc(-c3ccccc3)o2)CC1. The van der Waals surface area contributed by atoms with Crippen LogP contribution >= 0.6 is 0 Å². The molecule has 1 aromatic carbocycles. The van der Waals surface area contributed by atoms with Gasteiger partial charge in [-0.25, -0.2) is 8.42 Å². The van der Waals surface area contributed by atoms with Gasteiger partial charge in [0.1, 0.15) is 4.90 Å². The number of aromatic nitrogens is 4. The Morgan fingerprint density at radius 3 is 2.37 bits per heavy atom. The van der Waals surface area contributed by atoms with Crippen molar-refractivity contribution in [2.45, 2.75) is 18.7 Å². The molecule has 0 atom stereocenters. The molecule has 3 aromatic rings. The number of nitrogens with one attached hydrogen (secondary N) is 1. The zero-order valence-corrected chi connectivity index (χ0v) is 15.9. The second-order valence-electron chi connectivity index (χ2n) is 6.41. The van der Waals surface area contributed by atoms with Crippen LogP contribution in [0.25, 0.3) is 11.5 Å². The first-order chi connectivity index (χ1) is 13.0. The molecule has 10 heteroatoms. The van der Waals surface area contributed by atoms with Gasteiger partial charge in [-0.3, -0.25) is 5.10 Å². The van der Waals surface area contributed by atoms with Crippen LogP contribution in [0.1, 0.15) is 11.4 Å². The number of rotatable bonds is 4. The summed E-state index contributed by atoms with van der Waals surface area (Å²) >= 11 is 0. The van der Waals surface area contributed by atoms with Crippen molar-refractivity contribution < 1.29 is 12.8 Å². The van der Waals surface area contributed by atoms with E-state index in [0.29, 0.717) is 49.5 Å². The molecule has 0 unspecified atom stereocenters. The second-order valence-corrected chi connectivity index (χ2v) is 8.28. The number of hydrogen-bond donors (Lipinski definition) is 1. The summed E-state index contributed by atoms with van der Waals surface area (Å²) in [6, 6.07) is 9.94. The van der Waals surface area contributed by atoms with Gasteiger partial charge in [0.25, 0.3) is 0 Å². The molecule has 0 aliphatic carbocycles. The lowest BCUT2D eigenvalue weighted by Gasteiger charge is -2.32. The second kappa shape index (κ2) is 6.78. The molecule has 0 amide bonds. The molecule has 142 valence electrons. The molecule has 1 N–H and O–H groups in total. The van der Waals surface area contributed by atoms with Crippen molar-refractivity contribution >= 4 is 16.0 Å². The van der Waals surface area contributed by atoms with Gasteiger partial charge in [0.2, 0.25) is 15.9 Å². The number of piperazine rings is 1. The fourth-order valence-corrected chi connectivity index (χ4v) is 4.96. The molecule has 4 rings (SSSR count). The topological polar surface area (TPSA) is 108 Å². The van der Waals surface area contributed by atoms with E-state index in [-0.39, 0.29) is 4.90 Å². The standard InChI is InChI=1S/C17H20N6O3S/c1-12-15(13(2)19-18-12)27(24,25)23-10-8-22(9-11-23)17-21-20-16(26-17)14-6-4-3-5-7-14/h3-7H,8-11H2,1-2H3,(H,18,19). The van der Waals surface area contributed by atoms with Crippen LogP contribution in [0.2, 0.25) is 0 Å². The van der Waals surface area contributed by atoms with Crippen LogP contribution < -0.4 is 4.90 Å². The van der Waals surface area contributed by atoms with E-state index in [2.05, 4.69) is 20.4 Å². The largest absolute Gasteiger partial charge is 0.403 e. The predicted molar refractivity (Wildman–Crippen MR) is 98.8 cm³/mol. The molecule has 3 heterocycles. The number of H-pyrrole nitrogens is 1. The molecule has 9 nitrogen and oxygen atoms in total. The van der Waals surface area contributed by atoms with Crippen LogP contribution in [0.3, 0.4) is 0 Å². The van der Waals surface area contributed by atoms with E-state index in [1.807, 2.05) is 35.2 Å². The molecular formula is C17H20N6O3S. The van der Waals surface area contributed by atoms with E-state index in [1.54, 1.807) is 13.8 Å².